The van der Waals surface area contributed by atoms with Crippen LogP contribution >= 0.6 is 0 Å². The molecule has 1 fully saturated rings. The van der Waals surface area contributed by atoms with Crippen LogP contribution in [0.3, 0.4) is 0 Å². The number of hydrogen-bond acceptors (Lipinski definition) is 2. The Morgan fingerprint density at radius 2 is 2.00 bits per heavy atom. The van der Waals surface area contributed by atoms with E-state index in [1.165, 1.54) is 25.7 Å². The average Bonchev–Trinajstić information content (AvgIpc) is 2.98. The molecule has 90 valence electrons. The van der Waals surface area contributed by atoms with Crippen LogP contribution in [0.25, 0.3) is 0 Å². The highest BCUT2D eigenvalue weighted by Crippen LogP contribution is 2.35. The van der Waals surface area contributed by atoms with Crippen LogP contribution in [0.2, 0.25) is 0 Å². The summed E-state index contributed by atoms with van der Waals surface area (Å²) in [4.78, 5) is 0. The first kappa shape index (κ1) is 13.0. The zero-order valence-corrected chi connectivity index (χ0v) is 10.8. The lowest BCUT2D eigenvalue weighted by atomic mass is 9.95. The van der Waals surface area contributed by atoms with E-state index in [-0.39, 0.29) is 0 Å². The van der Waals surface area contributed by atoms with Crippen LogP contribution in [-0.4, -0.2) is 25.8 Å². The van der Waals surface area contributed by atoms with Gasteiger partial charge in [-0.05, 0) is 31.2 Å². The molecule has 15 heavy (non-hydrogen) atoms. The first-order valence-electron chi connectivity index (χ1n) is 6.45. The number of methoxy groups -OCH3 is 1. The van der Waals surface area contributed by atoms with Crippen molar-refractivity contribution in [3.63, 3.8) is 0 Å². The lowest BCUT2D eigenvalue weighted by Crippen LogP contribution is -2.44. The standard InChI is InChI=1S/C13H27NO/c1-5-8-14-12(9-11-6-7-11)13(15-4)10(2)3/h10-14H,5-9H2,1-4H3. The molecule has 0 aromatic heterocycles. The van der Waals surface area contributed by atoms with E-state index in [1.54, 1.807) is 0 Å². The van der Waals surface area contributed by atoms with Crippen molar-refractivity contribution in [3.8, 4) is 0 Å². The van der Waals surface area contributed by atoms with Crippen LogP contribution in [0.15, 0.2) is 0 Å². The van der Waals surface area contributed by atoms with Gasteiger partial charge in [0.15, 0.2) is 0 Å². The van der Waals surface area contributed by atoms with Crippen molar-refractivity contribution in [3.05, 3.63) is 0 Å². The molecule has 0 spiro atoms. The smallest absolute Gasteiger partial charge is 0.0747 e. The Labute approximate surface area is 94.8 Å². The number of hydrogen-bond donors (Lipinski definition) is 1. The topological polar surface area (TPSA) is 21.3 Å². The molecular formula is C13H27NO. The van der Waals surface area contributed by atoms with E-state index < -0.39 is 0 Å². The van der Waals surface area contributed by atoms with Gasteiger partial charge in [-0.2, -0.15) is 0 Å². The number of nitrogens with one attached hydrogen (secondary N) is 1. The maximum absolute atomic E-state index is 5.64. The number of ether oxygens (including phenoxy) is 1. The normalized spacial score (nSPS) is 20.6. The van der Waals surface area contributed by atoms with E-state index in [2.05, 4.69) is 26.1 Å². The Hall–Kier alpha value is -0.0800. The van der Waals surface area contributed by atoms with Crippen LogP contribution in [0.4, 0.5) is 0 Å². The van der Waals surface area contributed by atoms with Gasteiger partial charge in [-0.15, -0.1) is 0 Å². The third-order valence-corrected chi connectivity index (χ3v) is 3.27. The minimum Gasteiger partial charge on any atom is -0.380 e. The molecule has 0 saturated heterocycles. The summed E-state index contributed by atoms with van der Waals surface area (Å²) >= 11 is 0. The van der Waals surface area contributed by atoms with Gasteiger partial charge < -0.3 is 10.1 Å². The molecule has 0 bridgehead atoms. The molecule has 2 nitrogen and oxygen atoms in total. The van der Waals surface area contributed by atoms with Crippen LogP contribution in [0.1, 0.15) is 46.5 Å². The minimum absolute atomic E-state index is 0.372. The molecule has 1 aliphatic rings. The van der Waals surface area contributed by atoms with E-state index in [0.717, 1.165) is 12.5 Å². The SMILES string of the molecule is CCCNC(CC1CC1)C(OC)C(C)C. The Bertz CT molecular complexity index is 166. The van der Waals surface area contributed by atoms with E-state index >= 15 is 0 Å². The zero-order chi connectivity index (χ0) is 11.3. The van der Waals surface area contributed by atoms with Crippen molar-refractivity contribution in [2.75, 3.05) is 13.7 Å². The van der Waals surface area contributed by atoms with Gasteiger partial charge in [-0.25, -0.2) is 0 Å². The van der Waals surface area contributed by atoms with Gasteiger partial charge >= 0.3 is 0 Å². The molecule has 2 unspecified atom stereocenters. The fourth-order valence-corrected chi connectivity index (χ4v) is 2.28. The van der Waals surface area contributed by atoms with Crippen LogP contribution in [0, 0.1) is 11.8 Å². The van der Waals surface area contributed by atoms with E-state index in [1.807, 2.05) is 7.11 Å². The quantitative estimate of drug-likeness (QED) is 0.669. The first-order valence-corrected chi connectivity index (χ1v) is 6.45. The van der Waals surface area contributed by atoms with Crippen LogP contribution in [-0.2, 0) is 4.74 Å². The highest BCUT2D eigenvalue weighted by atomic mass is 16.5. The summed E-state index contributed by atoms with van der Waals surface area (Å²) in [5.74, 6) is 1.57. The molecule has 2 atom stereocenters. The fourth-order valence-electron chi connectivity index (χ4n) is 2.28. The third-order valence-electron chi connectivity index (χ3n) is 3.27. The van der Waals surface area contributed by atoms with Crippen molar-refractivity contribution in [1.29, 1.82) is 0 Å². The molecule has 0 aromatic rings. The van der Waals surface area contributed by atoms with Crippen molar-refractivity contribution in [1.82, 2.24) is 5.32 Å². The summed E-state index contributed by atoms with van der Waals surface area (Å²) in [5.41, 5.74) is 0. The van der Waals surface area contributed by atoms with Crippen molar-refractivity contribution >= 4 is 0 Å². The van der Waals surface area contributed by atoms with E-state index in [9.17, 15) is 0 Å². The predicted octanol–water partition coefficient (Wildman–Crippen LogP) is 2.83. The summed E-state index contributed by atoms with van der Waals surface area (Å²) in [6, 6.07) is 0.558. The summed E-state index contributed by atoms with van der Waals surface area (Å²) in [6.45, 7) is 7.84. The van der Waals surface area contributed by atoms with E-state index in [4.69, 9.17) is 4.74 Å². The zero-order valence-electron chi connectivity index (χ0n) is 10.8. The van der Waals surface area contributed by atoms with Gasteiger partial charge in [0, 0.05) is 13.2 Å². The highest BCUT2D eigenvalue weighted by molar-refractivity contribution is 4.86. The Morgan fingerprint density at radius 3 is 2.40 bits per heavy atom. The molecule has 1 saturated carbocycles. The molecule has 2 heteroatoms. The Kier molecular flexibility index (Phi) is 5.62. The third kappa shape index (κ3) is 4.52. The molecule has 0 heterocycles. The fraction of sp³-hybridized carbons (Fsp3) is 1.00. The minimum atomic E-state index is 0.372. The second-order valence-electron chi connectivity index (χ2n) is 5.18. The van der Waals surface area contributed by atoms with E-state index in [0.29, 0.717) is 18.1 Å². The molecule has 0 aromatic carbocycles. The maximum Gasteiger partial charge on any atom is 0.0747 e. The monoisotopic (exact) mass is 213 g/mol. The highest BCUT2D eigenvalue weighted by Gasteiger charge is 2.31. The van der Waals surface area contributed by atoms with Gasteiger partial charge in [-0.1, -0.05) is 33.6 Å². The molecular weight excluding hydrogens is 186 g/mol. The molecule has 0 radical (unpaired) electrons. The summed E-state index contributed by atoms with van der Waals surface area (Å²) in [7, 11) is 1.85. The lowest BCUT2D eigenvalue weighted by molar-refractivity contribution is 0.0291. The molecule has 1 aliphatic carbocycles. The van der Waals surface area contributed by atoms with Crippen LogP contribution < -0.4 is 5.32 Å². The second kappa shape index (κ2) is 6.49. The van der Waals surface area contributed by atoms with Gasteiger partial charge in [0.1, 0.15) is 0 Å². The Morgan fingerprint density at radius 1 is 1.33 bits per heavy atom. The molecule has 1 rings (SSSR count). The summed E-state index contributed by atoms with van der Waals surface area (Å²) < 4.78 is 5.64. The van der Waals surface area contributed by atoms with Crippen molar-refractivity contribution in [2.45, 2.75) is 58.6 Å². The molecule has 0 amide bonds. The summed E-state index contributed by atoms with van der Waals surface area (Å²) in [6.07, 6.45) is 5.74. The number of rotatable bonds is 8. The van der Waals surface area contributed by atoms with Gasteiger partial charge in [0.25, 0.3) is 0 Å². The maximum atomic E-state index is 5.64. The predicted molar refractivity (Wildman–Crippen MR) is 65.1 cm³/mol. The lowest BCUT2D eigenvalue weighted by Gasteiger charge is -2.30. The summed E-state index contributed by atoms with van der Waals surface area (Å²) in [5, 5.41) is 3.65. The Balaban J connectivity index is 2.42. The van der Waals surface area contributed by atoms with Crippen LogP contribution in [0.5, 0.6) is 0 Å². The largest absolute Gasteiger partial charge is 0.380 e. The average molecular weight is 213 g/mol. The van der Waals surface area contributed by atoms with Gasteiger partial charge in [-0.3, -0.25) is 0 Å². The van der Waals surface area contributed by atoms with Crippen molar-refractivity contribution in [2.24, 2.45) is 11.8 Å². The second-order valence-corrected chi connectivity index (χ2v) is 5.18. The van der Waals surface area contributed by atoms with Crippen molar-refractivity contribution < 1.29 is 4.74 Å². The first-order chi connectivity index (χ1) is 7.19. The molecule has 1 N–H and O–H groups in total. The van der Waals surface area contributed by atoms with Gasteiger partial charge in [0.05, 0.1) is 6.10 Å². The van der Waals surface area contributed by atoms with Gasteiger partial charge in [0.2, 0.25) is 0 Å². The molecule has 0 aliphatic heterocycles.